The largest absolute Gasteiger partial charge is 0.493 e. The van der Waals surface area contributed by atoms with E-state index in [0.29, 0.717) is 24.5 Å². The van der Waals surface area contributed by atoms with E-state index in [1.807, 2.05) is 6.07 Å². The first kappa shape index (κ1) is 19.7. The molecule has 0 spiro atoms. The molecule has 0 amide bonds. The second-order valence-corrected chi connectivity index (χ2v) is 8.13. The van der Waals surface area contributed by atoms with Crippen LogP contribution in [0.5, 0.6) is 11.5 Å². The summed E-state index contributed by atoms with van der Waals surface area (Å²) >= 11 is 0. The number of aromatic nitrogens is 1. The zero-order chi connectivity index (χ0) is 19.4. The van der Waals surface area contributed by atoms with E-state index < -0.39 is 0 Å². The quantitative estimate of drug-likeness (QED) is 0.639. The summed E-state index contributed by atoms with van der Waals surface area (Å²) in [5.74, 6) is 3.47. The predicted molar refractivity (Wildman–Crippen MR) is 106 cm³/mol. The lowest BCUT2D eigenvalue weighted by Crippen LogP contribution is -2.22. The number of likely N-dealkylation sites (tertiary alicyclic amines) is 1. The Bertz CT molecular complexity index is 739. The highest BCUT2D eigenvalue weighted by Crippen LogP contribution is 2.36. The molecule has 5 nitrogen and oxygen atoms in total. The Kier molecular flexibility index (Phi) is 6.42. The Morgan fingerprint density at radius 2 is 2.00 bits per heavy atom. The summed E-state index contributed by atoms with van der Waals surface area (Å²) in [7, 11) is 1.70. The molecule has 1 atom stereocenters. The molecule has 3 rings (SSSR count). The van der Waals surface area contributed by atoms with Crippen molar-refractivity contribution in [1.82, 2.24) is 10.1 Å². The van der Waals surface area contributed by atoms with Crippen molar-refractivity contribution in [2.24, 2.45) is 5.92 Å². The molecule has 0 radical (unpaired) electrons. The summed E-state index contributed by atoms with van der Waals surface area (Å²) in [4.78, 5) is 2.47. The van der Waals surface area contributed by atoms with Gasteiger partial charge in [0.1, 0.15) is 0 Å². The average molecular weight is 373 g/mol. The van der Waals surface area contributed by atoms with E-state index in [4.69, 9.17) is 14.0 Å². The molecule has 1 saturated heterocycles. The number of benzene rings is 1. The molecule has 148 valence electrons. The summed E-state index contributed by atoms with van der Waals surface area (Å²) in [6, 6.07) is 8.66. The minimum Gasteiger partial charge on any atom is -0.493 e. The van der Waals surface area contributed by atoms with Crippen LogP contribution in [0.25, 0.3) is 0 Å². The topological polar surface area (TPSA) is 47.7 Å². The minimum atomic E-state index is 0.299. The Morgan fingerprint density at radius 1 is 1.19 bits per heavy atom. The monoisotopic (exact) mass is 372 g/mol. The van der Waals surface area contributed by atoms with Gasteiger partial charge in [0.05, 0.1) is 25.5 Å². The number of methoxy groups -OCH3 is 1. The van der Waals surface area contributed by atoms with Crippen LogP contribution in [0.1, 0.15) is 69.5 Å². The zero-order valence-corrected chi connectivity index (χ0v) is 17.2. The number of hydrogen-bond donors (Lipinski definition) is 0. The van der Waals surface area contributed by atoms with Gasteiger partial charge in [-0.15, -0.1) is 0 Å². The van der Waals surface area contributed by atoms with Gasteiger partial charge in [0, 0.05) is 12.6 Å². The molecule has 1 fully saturated rings. The summed E-state index contributed by atoms with van der Waals surface area (Å²) in [6.07, 6.45) is 2.29. The highest BCUT2D eigenvalue weighted by atomic mass is 16.5. The van der Waals surface area contributed by atoms with Gasteiger partial charge < -0.3 is 14.0 Å². The van der Waals surface area contributed by atoms with Crippen molar-refractivity contribution in [3.63, 3.8) is 0 Å². The lowest BCUT2D eigenvalue weighted by atomic mass is 10.1. The van der Waals surface area contributed by atoms with Crippen molar-refractivity contribution in [2.75, 3.05) is 20.3 Å². The van der Waals surface area contributed by atoms with E-state index in [9.17, 15) is 0 Å². The van der Waals surface area contributed by atoms with Crippen LogP contribution in [0, 0.1) is 5.92 Å². The predicted octanol–water partition coefficient (Wildman–Crippen LogP) is 5.18. The number of rotatable bonds is 8. The number of nitrogens with zero attached hydrogens (tertiary/aromatic N) is 2. The van der Waals surface area contributed by atoms with Gasteiger partial charge >= 0.3 is 0 Å². The Labute approximate surface area is 162 Å². The van der Waals surface area contributed by atoms with Gasteiger partial charge in [-0.1, -0.05) is 38.9 Å². The van der Waals surface area contributed by atoms with Crippen molar-refractivity contribution >= 4 is 0 Å². The van der Waals surface area contributed by atoms with Gasteiger partial charge in [-0.25, -0.2) is 0 Å². The lowest BCUT2D eigenvalue weighted by Gasteiger charge is -2.23. The third-order valence-electron chi connectivity index (χ3n) is 5.02. The van der Waals surface area contributed by atoms with Gasteiger partial charge in [-0.2, -0.15) is 0 Å². The van der Waals surface area contributed by atoms with Crippen LogP contribution in [0.15, 0.2) is 28.8 Å². The van der Waals surface area contributed by atoms with Crippen LogP contribution in [-0.4, -0.2) is 30.3 Å². The Balaban J connectivity index is 1.71. The Hall–Kier alpha value is -2.01. The van der Waals surface area contributed by atoms with Crippen molar-refractivity contribution in [2.45, 2.75) is 59.0 Å². The summed E-state index contributed by atoms with van der Waals surface area (Å²) in [6.45, 7) is 11.2. The normalized spacial score (nSPS) is 17.8. The van der Waals surface area contributed by atoms with Crippen LogP contribution < -0.4 is 9.47 Å². The zero-order valence-electron chi connectivity index (χ0n) is 17.2. The molecule has 1 aromatic carbocycles. The molecular formula is C22H32N2O3. The van der Waals surface area contributed by atoms with E-state index in [-0.39, 0.29) is 0 Å². The first-order valence-corrected chi connectivity index (χ1v) is 9.98. The maximum atomic E-state index is 5.87. The molecule has 0 bridgehead atoms. The van der Waals surface area contributed by atoms with Crippen LogP contribution in [0.4, 0.5) is 0 Å². The molecule has 2 heterocycles. The van der Waals surface area contributed by atoms with Gasteiger partial charge in [0.15, 0.2) is 17.3 Å². The van der Waals surface area contributed by atoms with Crippen molar-refractivity contribution in [3.8, 4) is 11.5 Å². The first-order valence-electron chi connectivity index (χ1n) is 9.98. The molecule has 1 aliphatic rings. The molecular weight excluding hydrogens is 340 g/mol. The van der Waals surface area contributed by atoms with Gasteiger partial charge in [0.25, 0.3) is 0 Å². The molecule has 1 unspecified atom stereocenters. The number of hydrogen-bond acceptors (Lipinski definition) is 5. The van der Waals surface area contributed by atoms with E-state index in [0.717, 1.165) is 42.5 Å². The molecule has 5 heteroatoms. The average Bonchev–Trinajstić information content (AvgIpc) is 3.29. The van der Waals surface area contributed by atoms with Crippen molar-refractivity contribution in [1.29, 1.82) is 0 Å². The van der Waals surface area contributed by atoms with Gasteiger partial charge in [-0.05, 0) is 48.9 Å². The van der Waals surface area contributed by atoms with E-state index in [2.05, 4.69) is 56.0 Å². The highest BCUT2D eigenvalue weighted by molar-refractivity contribution is 5.43. The second kappa shape index (κ2) is 8.79. The van der Waals surface area contributed by atoms with Crippen molar-refractivity contribution < 1.29 is 14.0 Å². The lowest BCUT2D eigenvalue weighted by molar-refractivity contribution is 0.206. The van der Waals surface area contributed by atoms with Gasteiger partial charge in [-0.3, -0.25) is 4.90 Å². The first-order chi connectivity index (χ1) is 13.0. The maximum absolute atomic E-state index is 5.87. The SMILES string of the molecule is COc1cc(CN2CCCC2c2cc(C(C)C)no2)ccc1OCC(C)C. The fraction of sp³-hybridized carbons (Fsp3) is 0.591. The van der Waals surface area contributed by atoms with Crippen LogP contribution >= 0.6 is 0 Å². The number of ether oxygens (including phenoxy) is 2. The second-order valence-electron chi connectivity index (χ2n) is 8.13. The standard InChI is InChI=1S/C22H32N2O3/c1-15(2)14-26-20-9-8-17(11-22(20)25-5)13-24-10-6-7-19(24)21-12-18(16(3)4)23-27-21/h8-9,11-12,15-16,19H,6-7,10,13-14H2,1-5H3. The maximum Gasteiger partial charge on any atom is 0.161 e. The highest BCUT2D eigenvalue weighted by Gasteiger charge is 2.29. The Morgan fingerprint density at radius 3 is 2.67 bits per heavy atom. The molecule has 0 aliphatic carbocycles. The molecule has 27 heavy (non-hydrogen) atoms. The smallest absolute Gasteiger partial charge is 0.161 e. The van der Waals surface area contributed by atoms with Gasteiger partial charge in [0.2, 0.25) is 0 Å². The molecule has 2 aromatic rings. The molecule has 0 saturated carbocycles. The van der Waals surface area contributed by atoms with Crippen LogP contribution in [0.3, 0.4) is 0 Å². The third-order valence-corrected chi connectivity index (χ3v) is 5.02. The van der Waals surface area contributed by atoms with Crippen molar-refractivity contribution in [3.05, 3.63) is 41.3 Å². The summed E-state index contributed by atoms with van der Waals surface area (Å²) in [5, 5.41) is 4.24. The van der Waals surface area contributed by atoms with Crippen LogP contribution in [0.2, 0.25) is 0 Å². The molecule has 1 aromatic heterocycles. The fourth-order valence-corrected chi connectivity index (χ4v) is 3.49. The van der Waals surface area contributed by atoms with E-state index in [1.54, 1.807) is 7.11 Å². The van der Waals surface area contributed by atoms with E-state index >= 15 is 0 Å². The third kappa shape index (κ3) is 4.83. The fourth-order valence-electron chi connectivity index (χ4n) is 3.49. The van der Waals surface area contributed by atoms with Crippen LogP contribution in [-0.2, 0) is 6.54 Å². The summed E-state index contributed by atoms with van der Waals surface area (Å²) < 4.78 is 17.1. The minimum absolute atomic E-state index is 0.299. The summed E-state index contributed by atoms with van der Waals surface area (Å²) in [5.41, 5.74) is 2.25. The van der Waals surface area contributed by atoms with E-state index in [1.165, 1.54) is 12.0 Å². The molecule has 1 aliphatic heterocycles. The molecule has 0 N–H and O–H groups in total.